The molecule has 1 heterocycles. The molecule has 0 spiro atoms. The molecule has 5 heteroatoms. The molecule has 110 valence electrons. The van der Waals surface area contributed by atoms with Gasteiger partial charge >= 0.3 is 0 Å². The Kier molecular flexibility index (Phi) is 3.35. The summed E-state index contributed by atoms with van der Waals surface area (Å²) in [5, 5.41) is 0. The number of ether oxygens (including phenoxy) is 1. The number of nitrogens with zero attached hydrogens (tertiary/aromatic N) is 1. The van der Waals surface area contributed by atoms with E-state index in [1.807, 2.05) is 0 Å². The van der Waals surface area contributed by atoms with Crippen molar-refractivity contribution in [3.63, 3.8) is 0 Å². The van der Waals surface area contributed by atoms with Crippen LogP contribution >= 0.6 is 0 Å². The predicted molar refractivity (Wildman–Crippen MR) is 69.1 cm³/mol. The molecular weight excluding hydrogens is 250 g/mol. The van der Waals surface area contributed by atoms with E-state index in [9.17, 15) is 8.78 Å². The van der Waals surface area contributed by atoms with Gasteiger partial charge in [0.25, 0.3) is 5.92 Å². The zero-order chi connectivity index (χ0) is 13.8. The van der Waals surface area contributed by atoms with Gasteiger partial charge < -0.3 is 15.4 Å². The molecule has 3 nitrogen and oxygen atoms in total. The van der Waals surface area contributed by atoms with Gasteiger partial charge in [-0.1, -0.05) is 0 Å². The van der Waals surface area contributed by atoms with E-state index >= 15 is 0 Å². The molecule has 3 rings (SSSR count). The van der Waals surface area contributed by atoms with Crippen molar-refractivity contribution in [2.75, 3.05) is 13.1 Å². The van der Waals surface area contributed by atoms with Crippen molar-refractivity contribution in [3.05, 3.63) is 0 Å². The highest BCUT2D eigenvalue weighted by Crippen LogP contribution is 2.50. The molecule has 0 bridgehead atoms. The van der Waals surface area contributed by atoms with E-state index in [1.165, 1.54) is 0 Å². The molecule has 0 radical (unpaired) electrons. The molecule has 2 N–H and O–H groups in total. The summed E-state index contributed by atoms with van der Waals surface area (Å²) in [6.07, 6.45) is 0.838. The van der Waals surface area contributed by atoms with E-state index in [-0.39, 0.29) is 12.5 Å². The molecule has 3 aliphatic rings. The number of fused-ring (bicyclic) bond motifs is 1. The van der Waals surface area contributed by atoms with Gasteiger partial charge in [-0.05, 0) is 26.7 Å². The Hall–Kier alpha value is -0.260. The first-order valence-electron chi connectivity index (χ1n) is 7.43. The van der Waals surface area contributed by atoms with Crippen molar-refractivity contribution in [2.24, 2.45) is 17.6 Å². The summed E-state index contributed by atoms with van der Waals surface area (Å²) in [5.41, 5.74) is 5.67. The molecule has 0 aromatic heterocycles. The minimum absolute atomic E-state index is 0.0906. The van der Waals surface area contributed by atoms with Crippen LogP contribution in [-0.4, -0.2) is 48.2 Å². The zero-order valence-electron chi connectivity index (χ0n) is 11.7. The van der Waals surface area contributed by atoms with Crippen LogP contribution in [-0.2, 0) is 4.74 Å². The number of likely N-dealkylation sites (tertiary alicyclic amines) is 1. The largest absolute Gasteiger partial charge is 0.372 e. The summed E-state index contributed by atoms with van der Waals surface area (Å²) < 4.78 is 33.0. The monoisotopic (exact) mass is 274 g/mol. The number of hydrogen-bond acceptors (Lipinski definition) is 3. The topological polar surface area (TPSA) is 38.5 Å². The molecule has 0 aromatic carbocycles. The maximum Gasteiger partial charge on any atom is 0.265 e. The lowest BCUT2D eigenvalue weighted by Gasteiger charge is -2.36. The second kappa shape index (κ2) is 4.64. The van der Waals surface area contributed by atoms with Crippen molar-refractivity contribution in [1.82, 2.24) is 4.90 Å². The first-order valence-corrected chi connectivity index (χ1v) is 7.43. The molecule has 2 aliphatic carbocycles. The lowest BCUT2D eigenvalue weighted by molar-refractivity contribution is -0.123. The Bertz CT molecular complexity index is 338. The van der Waals surface area contributed by atoms with Gasteiger partial charge in [0, 0.05) is 37.4 Å². The van der Waals surface area contributed by atoms with E-state index in [1.54, 1.807) is 0 Å². The lowest BCUT2D eigenvalue weighted by atomic mass is 9.89. The van der Waals surface area contributed by atoms with Crippen LogP contribution in [0.3, 0.4) is 0 Å². The summed E-state index contributed by atoms with van der Waals surface area (Å²) in [4.78, 5) is 2.44. The molecular formula is C14H24F2N2O. The van der Waals surface area contributed by atoms with Crippen LogP contribution < -0.4 is 5.73 Å². The average Bonchev–Trinajstić information content (AvgIpc) is 2.79. The highest BCUT2D eigenvalue weighted by atomic mass is 19.3. The molecule has 0 amide bonds. The molecule has 1 saturated heterocycles. The third-order valence-electron chi connectivity index (χ3n) is 5.09. The Balaban J connectivity index is 1.52. The fourth-order valence-electron chi connectivity index (χ4n) is 3.64. The number of alkyl halides is 2. The number of hydrogen-bond donors (Lipinski definition) is 1. The third kappa shape index (κ3) is 2.41. The summed E-state index contributed by atoms with van der Waals surface area (Å²) in [6.45, 7) is 6.48. The van der Waals surface area contributed by atoms with Crippen LogP contribution in [0.2, 0.25) is 0 Å². The summed E-state index contributed by atoms with van der Waals surface area (Å²) in [6, 6.07) is -0.557. The zero-order valence-corrected chi connectivity index (χ0v) is 11.7. The highest BCUT2D eigenvalue weighted by Gasteiger charge is 2.59. The number of rotatable bonds is 3. The number of nitrogens with two attached hydrogens (primary N) is 1. The van der Waals surface area contributed by atoms with Crippen LogP contribution in [0.15, 0.2) is 0 Å². The van der Waals surface area contributed by atoms with Crippen LogP contribution in [0.4, 0.5) is 8.78 Å². The molecule has 0 aromatic rings. The van der Waals surface area contributed by atoms with E-state index < -0.39 is 18.1 Å². The van der Waals surface area contributed by atoms with E-state index in [0.717, 1.165) is 13.1 Å². The van der Waals surface area contributed by atoms with E-state index in [2.05, 4.69) is 18.7 Å². The third-order valence-corrected chi connectivity index (χ3v) is 5.09. The van der Waals surface area contributed by atoms with Crippen LogP contribution in [0, 0.1) is 11.8 Å². The Morgan fingerprint density at radius 3 is 2.47 bits per heavy atom. The van der Waals surface area contributed by atoms with Crippen LogP contribution in [0.1, 0.15) is 33.1 Å². The van der Waals surface area contributed by atoms with Gasteiger partial charge in [0.15, 0.2) is 0 Å². The fraction of sp³-hybridized carbons (Fsp3) is 1.00. The molecule has 2 saturated carbocycles. The smallest absolute Gasteiger partial charge is 0.265 e. The van der Waals surface area contributed by atoms with Crippen molar-refractivity contribution >= 4 is 0 Å². The Morgan fingerprint density at radius 1 is 1.26 bits per heavy atom. The van der Waals surface area contributed by atoms with Gasteiger partial charge in [-0.2, -0.15) is 0 Å². The quantitative estimate of drug-likeness (QED) is 0.853. The summed E-state index contributed by atoms with van der Waals surface area (Å²) >= 11 is 0. The van der Waals surface area contributed by atoms with Crippen molar-refractivity contribution < 1.29 is 13.5 Å². The first kappa shape index (κ1) is 13.7. The molecule has 3 fully saturated rings. The second-order valence-corrected chi connectivity index (χ2v) is 6.69. The molecule has 19 heavy (non-hydrogen) atoms. The molecule has 1 unspecified atom stereocenters. The van der Waals surface area contributed by atoms with Crippen LogP contribution in [0.5, 0.6) is 0 Å². The normalized spacial score (nSPS) is 45.5. The average molecular weight is 274 g/mol. The SMILES string of the molecule is CC(C)N1C[C@@H]2C(O[C@H]3CCCC(F)(F)[C@@H]3N)[C@@H]2C1. The molecule has 1 aliphatic heterocycles. The van der Waals surface area contributed by atoms with E-state index in [0.29, 0.717) is 30.7 Å². The van der Waals surface area contributed by atoms with Gasteiger partial charge in [-0.15, -0.1) is 0 Å². The minimum Gasteiger partial charge on any atom is -0.372 e. The number of piperidine rings is 1. The number of halogens is 2. The predicted octanol–water partition coefficient (Wildman–Crippen LogP) is 1.86. The fourth-order valence-corrected chi connectivity index (χ4v) is 3.64. The maximum absolute atomic E-state index is 13.6. The standard InChI is InChI=1S/C14H24F2N2O/c1-8(2)18-6-9-10(7-18)12(9)19-11-4-3-5-14(15,16)13(11)17/h8-13H,3-7,17H2,1-2H3/t9-,10+,11-,12?,13+/m0/s1. The van der Waals surface area contributed by atoms with Gasteiger partial charge in [-0.25, -0.2) is 8.78 Å². The first-order chi connectivity index (χ1) is 8.90. The maximum atomic E-state index is 13.6. The summed E-state index contributed by atoms with van der Waals surface area (Å²) in [5.74, 6) is -1.66. The Labute approximate surface area is 113 Å². The van der Waals surface area contributed by atoms with Crippen molar-refractivity contribution in [1.29, 1.82) is 0 Å². The van der Waals surface area contributed by atoms with Crippen molar-refractivity contribution in [3.8, 4) is 0 Å². The second-order valence-electron chi connectivity index (χ2n) is 6.69. The van der Waals surface area contributed by atoms with Crippen molar-refractivity contribution in [2.45, 2.75) is 63.3 Å². The van der Waals surface area contributed by atoms with E-state index in [4.69, 9.17) is 10.5 Å². The molecule has 5 atom stereocenters. The lowest BCUT2D eigenvalue weighted by Crippen LogP contribution is -2.53. The van der Waals surface area contributed by atoms with Gasteiger partial charge in [0.2, 0.25) is 0 Å². The van der Waals surface area contributed by atoms with Crippen LogP contribution in [0.25, 0.3) is 0 Å². The summed E-state index contributed by atoms with van der Waals surface area (Å²) in [7, 11) is 0. The minimum atomic E-state index is -2.75. The van der Waals surface area contributed by atoms with Gasteiger partial charge in [-0.3, -0.25) is 0 Å². The van der Waals surface area contributed by atoms with Gasteiger partial charge in [0.1, 0.15) is 0 Å². The van der Waals surface area contributed by atoms with Gasteiger partial charge in [0.05, 0.1) is 18.2 Å². The highest BCUT2D eigenvalue weighted by molar-refractivity contribution is 5.08. The Morgan fingerprint density at radius 2 is 1.89 bits per heavy atom.